The molecule has 0 aromatic heterocycles. The maximum Gasteiger partial charge on any atom is 0.410 e. The van der Waals surface area contributed by atoms with Crippen molar-refractivity contribution < 1.29 is 19.4 Å². The van der Waals surface area contributed by atoms with Crippen molar-refractivity contribution in [2.24, 2.45) is 5.92 Å². The summed E-state index contributed by atoms with van der Waals surface area (Å²) in [5.41, 5.74) is 0.179. The van der Waals surface area contributed by atoms with Crippen LogP contribution in [0.4, 0.5) is 4.79 Å². The molecule has 0 aliphatic carbocycles. The van der Waals surface area contributed by atoms with Crippen LogP contribution < -0.4 is 0 Å². The van der Waals surface area contributed by atoms with Gasteiger partial charge in [0.2, 0.25) is 5.91 Å². The van der Waals surface area contributed by atoms with Gasteiger partial charge in [0, 0.05) is 25.0 Å². The van der Waals surface area contributed by atoms with Gasteiger partial charge in [0.25, 0.3) is 0 Å². The van der Waals surface area contributed by atoms with Crippen LogP contribution in [0.1, 0.15) is 53.1 Å². The number of hydrogen-bond donors (Lipinski definition) is 1. The van der Waals surface area contributed by atoms with Gasteiger partial charge in [0.05, 0.1) is 6.04 Å². The van der Waals surface area contributed by atoms with E-state index < -0.39 is 11.7 Å². The van der Waals surface area contributed by atoms with E-state index in [0.29, 0.717) is 13.1 Å². The lowest BCUT2D eigenvalue weighted by molar-refractivity contribution is -0.140. The first-order valence-corrected chi connectivity index (χ1v) is 9.08. The molecular formula is C20H30N2O4. The Hall–Kier alpha value is -2.24. The third-order valence-electron chi connectivity index (χ3n) is 4.40. The van der Waals surface area contributed by atoms with Crippen molar-refractivity contribution in [2.45, 2.75) is 59.2 Å². The van der Waals surface area contributed by atoms with Crippen molar-refractivity contribution >= 4 is 12.0 Å². The number of amides is 2. The molecule has 1 N–H and O–H groups in total. The zero-order valence-electron chi connectivity index (χ0n) is 16.5. The third-order valence-corrected chi connectivity index (χ3v) is 4.40. The molecule has 2 amide bonds. The molecule has 0 bridgehead atoms. The Bertz CT molecular complexity index is 666. The van der Waals surface area contributed by atoms with E-state index in [4.69, 9.17) is 4.74 Å². The van der Waals surface area contributed by atoms with E-state index in [1.54, 1.807) is 23.1 Å². The standard InChI is InChI=1S/C20H30N2O4/c1-13(2)18(24)21-12-17(15-8-7-9-16(23)10-15)22(11-14(21)3)19(25)26-20(4,5)6/h7-10,13-14,17,23H,11-12H2,1-6H3/t14-,17+/m1/s1. The monoisotopic (exact) mass is 362 g/mol. The van der Waals surface area contributed by atoms with Gasteiger partial charge in [-0.15, -0.1) is 0 Å². The van der Waals surface area contributed by atoms with Gasteiger partial charge in [-0.1, -0.05) is 26.0 Å². The van der Waals surface area contributed by atoms with Crippen LogP contribution in [-0.2, 0) is 9.53 Å². The highest BCUT2D eigenvalue weighted by atomic mass is 16.6. The second kappa shape index (κ2) is 7.56. The lowest BCUT2D eigenvalue weighted by Gasteiger charge is -2.46. The summed E-state index contributed by atoms with van der Waals surface area (Å²) in [5.74, 6) is 0.0776. The highest BCUT2D eigenvalue weighted by Gasteiger charge is 2.39. The van der Waals surface area contributed by atoms with Crippen molar-refractivity contribution in [3.8, 4) is 5.75 Å². The normalized spacial score (nSPS) is 21.0. The maximum absolute atomic E-state index is 12.8. The topological polar surface area (TPSA) is 70.1 Å². The van der Waals surface area contributed by atoms with E-state index in [1.165, 1.54) is 0 Å². The van der Waals surface area contributed by atoms with Gasteiger partial charge in [0.15, 0.2) is 0 Å². The van der Waals surface area contributed by atoms with Crippen molar-refractivity contribution in [3.63, 3.8) is 0 Å². The van der Waals surface area contributed by atoms with Crippen molar-refractivity contribution in [1.29, 1.82) is 0 Å². The van der Waals surface area contributed by atoms with E-state index in [1.807, 2.05) is 52.5 Å². The van der Waals surface area contributed by atoms with Gasteiger partial charge in [-0.05, 0) is 45.4 Å². The third kappa shape index (κ3) is 4.68. The van der Waals surface area contributed by atoms with Crippen LogP contribution in [0.3, 0.4) is 0 Å². The molecule has 1 saturated heterocycles. The average Bonchev–Trinajstić information content (AvgIpc) is 2.52. The maximum atomic E-state index is 12.8. The fraction of sp³-hybridized carbons (Fsp3) is 0.600. The highest BCUT2D eigenvalue weighted by Crippen LogP contribution is 2.31. The van der Waals surface area contributed by atoms with Crippen LogP contribution in [0.2, 0.25) is 0 Å². The Morgan fingerprint density at radius 2 is 1.85 bits per heavy atom. The number of carbonyl (C=O) groups is 2. The van der Waals surface area contributed by atoms with Gasteiger partial charge in [0.1, 0.15) is 11.4 Å². The molecule has 6 heteroatoms. The highest BCUT2D eigenvalue weighted by molar-refractivity contribution is 5.79. The molecule has 0 radical (unpaired) electrons. The van der Waals surface area contributed by atoms with Gasteiger partial charge in [-0.2, -0.15) is 0 Å². The number of ether oxygens (including phenoxy) is 1. The number of rotatable bonds is 2. The molecule has 1 aromatic carbocycles. The van der Waals surface area contributed by atoms with Crippen molar-refractivity contribution in [3.05, 3.63) is 29.8 Å². The van der Waals surface area contributed by atoms with Crippen molar-refractivity contribution in [2.75, 3.05) is 13.1 Å². The summed E-state index contributed by atoms with van der Waals surface area (Å²) >= 11 is 0. The van der Waals surface area contributed by atoms with Crippen molar-refractivity contribution in [1.82, 2.24) is 9.80 Å². The fourth-order valence-corrected chi connectivity index (χ4v) is 3.15. The first kappa shape index (κ1) is 20.1. The Morgan fingerprint density at radius 3 is 2.38 bits per heavy atom. The summed E-state index contributed by atoms with van der Waals surface area (Å²) < 4.78 is 5.57. The summed E-state index contributed by atoms with van der Waals surface area (Å²) in [5, 5.41) is 9.86. The SMILES string of the molecule is CC(C)C(=O)N1C[C@@H](c2cccc(O)c2)N(C(=O)OC(C)(C)C)C[C@H]1C. The van der Waals surface area contributed by atoms with Gasteiger partial charge in [-0.25, -0.2) is 4.79 Å². The van der Waals surface area contributed by atoms with Gasteiger partial charge < -0.3 is 14.7 Å². The van der Waals surface area contributed by atoms with E-state index in [2.05, 4.69) is 0 Å². The van der Waals surface area contributed by atoms with Crippen LogP contribution in [0.5, 0.6) is 5.75 Å². The smallest absolute Gasteiger partial charge is 0.410 e. The number of nitrogens with zero attached hydrogens (tertiary/aromatic N) is 2. The number of phenols is 1. The lowest BCUT2D eigenvalue weighted by Crippen LogP contribution is -2.58. The number of piperazine rings is 1. The predicted molar refractivity (Wildman–Crippen MR) is 99.8 cm³/mol. The molecule has 1 aliphatic rings. The Balaban J connectivity index is 2.36. The van der Waals surface area contributed by atoms with E-state index >= 15 is 0 Å². The van der Waals surface area contributed by atoms with Gasteiger partial charge >= 0.3 is 6.09 Å². The molecule has 144 valence electrons. The second-order valence-electron chi connectivity index (χ2n) is 8.24. The molecular weight excluding hydrogens is 332 g/mol. The fourth-order valence-electron chi connectivity index (χ4n) is 3.15. The molecule has 26 heavy (non-hydrogen) atoms. The largest absolute Gasteiger partial charge is 0.508 e. The van der Waals surface area contributed by atoms with E-state index in [9.17, 15) is 14.7 Å². The number of hydrogen-bond acceptors (Lipinski definition) is 4. The average molecular weight is 362 g/mol. The number of phenolic OH excluding ortho intramolecular Hbond substituents is 1. The van der Waals surface area contributed by atoms with Crippen LogP contribution >= 0.6 is 0 Å². The molecule has 0 saturated carbocycles. The molecule has 1 aromatic rings. The lowest BCUT2D eigenvalue weighted by atomic mass is 9.98. The Kier molecular flexibility index (Phi) is 5.84. The second-order valence-corrected chi connectivity index (χ2v) is 8.24. The molecule has 1 aliphatic heterocycles. The quantitative estimate of drug-likeness (QED) is 0.873. The van der Waals surface area contributed by atoms with Crippen LogP contribution in [0.15, 0.2) is 24.3 Å². The summed E-state index contributed by atoms with van der Waals surface area (Å²) in [7, 11) is 0. The minimum Gasteiger partial charge on any atom is -0.508 e. The summed E-state index contributed by atoms with van der Waals surface area (Å²) in [6.07, 6.45) is -0.408. The Labute approximate surface area is 155 Å². The summed E-state index contributed by atoms with van der Waals surface area (Å²) in [6, 6.07) is 6.35. The molecule has 2 atom stereocenters. The molecule has 0 unspecified atom stereocenters. The zero-order chi connectivity index (χ0) is 19.6. The first-order chi connectivity index (χ1) is 12.0. The predicted octanol–water partition coefficient (Wildman–Crippen LogP) is 3.56. The van der Waals surface area contributed by atoms with Crippen LogP contribution in [0, 0.1) is 5.92 Å². The summed E-state index contributed by atoms with van der Waals surface area (Å²) in [6.45, 7) is 11.9. The molecule has 1 fully saturated rings. The number of aromatic hydroxyl groups is 1. The minimum atomic E-state index is -0.603. The molecule has 2 rings (SSSR count). The number of carbonyl (C=O) groups excluding carboxylic acids is 2. The molecule has 6 nitrogen and oxygen atoms in total. The first-order valence-electron chi connectivity index (χ1n) is 9.08. The summed E-state index contributed by atoms with van der Waals surface area (Å²) in [4.78, 5) is 28.9. The number of benzene rings is 1. The minimum absolute atomic E-state index is 0.0616. The van der Waals surface area contributed by atoms with Crippen LogP contribution in [0.25, 0.3) is 0 Å². The van der Waals surface area contributed by atoms with Gasteiger partial charge in [-0.3, -0.25) is 9.69 Å². The Morgan fingerprint density at radius 1 is 1.19 bits per heavy atom. The molecule has 1 heterocycles. The molecule has 0 spiro atoms. The zero-order valence-corrected chi connectivity index (χ0v) is 16.5. The van der Waals surface area contributed by atoms with E-state index in [-0.39, 0.29) is 29.7 Å². The van der Waals surface area contributed by atoms with E-state index in [0.717, 1.165) is 5.56 Å². The van der Waals surface area contributed by atoms with Crippen LogP contribution in [-0.4, -0.2) is 51.6 Å².